The van der Waals surface area contributed by atoms with E-state index >= 15 is 0 Å². The van der Waals surface area contributed by atoms with Crippen molar-refractivity contribution in [1.29, 1.82) is 0 Å². The van der Waals surface area contributed by atoms with E-state index in [1.807, 2.05) is 0 Å². The van der Waals surface area contributed by atoms with E-state index in [0.717, 1.165) is 25.7 Å². The maximum absolute atomic E-state index is 6.36. The van der Waals surface area contributed by atoms with E-state index in [2.05, 4.69) is 54.6 Å². The summed E-state index contributed by atoms with van der Waals surface area (Å²) in [6.07, 6.45) is 4.53. The summed E-state index contributed by atoms with van der Waals surface area (Å²) in [5, 5.41) is 0. The molecule has 3 rings (SSSR count). The summed E-state index contributed by atoms with van der Waals surface area (Å²) >= 11 is 0. The Labute approximate surface area is 115 Å². The fraction of sp³-hybridized carbons (Fsp3) is 0.333. The molecule has 1 nitrogen and oxygen atoms in total. The van der Waals surface area contributed by atoms with Gasteiger partial charge in [-0.2, -0.15) is 0 Å². The van der Waals surface area contributed by atoms with Gasteiger partial charge in [-0.3, -0.25) is 0 Å². The van der Waals surface area contributed by atoms with Crippen molar-refractivity contribution in [2.75, 3.05) is 0 Å². The fourth-order valence-electron chi connectivity index (χ4n) is 3.21. The molecule has 0 fully saturated rings. The van der Waals surface area contributed by atoms with E-state index in [1.165, 1.54) is 16.7 Å². The zero-order chi connectivity index (χ0) is 13.1. The van der Waals surface area contributed by atoms with Crippen molar-refractivity contribution >= 4 is 0 Å². The Morgan fingerprint density at radius 1 is 0.947 bits per heavy atom. The second kappa shape index (κ2) is 5.58. The summed E-state index contributed by atoms with van der Waals surface area (Å²) in [5.74, 6) is 0.519. The minimum atomic E-state index is 0.318. The number of aryl methyl sites for hydroxylation is 2. The lowest BCUT2D eigenvalue weighted by Gasteiger charge is -2.31. The highest BCUT2D eigenvalue weighted by Crippen LogP contribution is 2.33. The van der Waals surface area contributed by atoms with Gasteiger partial charge in [0.2, 0.25) is 0 Å². The van der Waals surface area contributed by atoms with E-state index < -0.39 is 0 Å². The zero-order valence-electron chi connectivity index (χ0n) is 11.3. The van der Waals surface area contributed by atoms with Crippen molar-refractivity contribution in [2.24, 2.45) is 5.73 Å². The summed E-state index contributed by atoms with van der Waals surface area (Å²) in [7, 11) is 0. The highest BCUT2D eigenvalue weighted by Gasteiger charge is 2.26. The largest absolute Gasteiger partial charge is 0.327 e. The Morgan fingerprint density at radius 2 is 1.68 bits per heavy atom. The molecule has 2 aromatic carbocycles. The van der Waals surface area contributed by atoms with Gasteiger partial charge in [-0.25, -0.2) is 0 Å². The van der Waals surface area contributed by atoms with Gasteiger partial charge in [-0.05, 0) is 48.3 Å². The summed E-state index contributed by atoms with van der Waals surface area (Å²) in [4.78, 5) is 0. The van der Waals surface area contributed by atoms with Crippen LogP contribution >= 0.6 is 0 Å². The van der Waals surface area contributed by atoms with E-state index in [9.17, 15) is 0 Å². The van der Waals surface area contributed by atoms with Crippen LogP contribution in [0.2, 0.25) is 0 Å². The molecule has 2 N–H and O–H groups in total. The Balaban J connectivity index is 1.77. The monoisotopic (exact) mass is 251 g/mol. The number of hydrogen-bond donors (Lipinski definition) is 1. The van der Waals surface area contributed by atoms with Gasteiger partial charge >= 0.3 is 0 Å². The molecule has 2 unspecified atom stereocenters. The smallest absolute Gasteiger partial charge is 0.0111 e. The molecule has 1 aliphatic carbocycles. The quantitative estimate of drug-likeness (QED) is 0.885. The van der Waals surface area contributed by atoms with Gasteiger partial charge < -0.3 is 5.73 Å². The van der Waals surface area contributed by atoms with Crippen molar-refractivity contribution in [3.05, 3.63) is 71.3 Å². The third-order valence-corrected chi connectivity index (χ3v) is 4.31. The van der Waals surface area contributed by atoms with Gasteiger partial charge in [0.25, 0.3) is 0 Å². The maximum atomic E-state index is 6.36. The number of rotatable bonds is 3. The number of fused-ring (bicyclic) bond motifs is 1. The van der Waals surface area contributed by atoms with Gasteiger partial charge in [-0.15, -0.1) is 0 Å². The Morgan fingerprint density at radius 3 is 2.53 bits per heavy atom. The molecule has 0 saturated heterocycles. The lowest BCUT2D eigenvalue weighted by Crippen LogP contribution is -2.33. The predicted octanol–water partition coefficient (Wildman–Crippen LogP) is 3.68. The summed E-state index contributed by atoms with van der Waals surface area (Å²) in [5.41, 5.74) is 10.8. The van der Waals surface area contributed by atoms with Crippen molar-refractivity contribution in [1.82, 2.24) is 0 Å². The summed E-state index contributed by atoms with van der Waals surface area (Å²) < 4.78 is 0. The van der Waals surface area contributed by atoms with Gasteiger partial charge in [-0.1, -0.05) is 54.6 Å². The molecule has 1 heteroatoms. The molecule has 98 valence electrons. The zero-order valence-corrected chi connectivity index (χ0v) is 11.3. The molecule has 0 aliphatic heterocycles. The van der Waals surface area contributed by atoms with Crippen LogP contribution < -0.4 is 5.73 Å². The first kappa shape index (κ1) is 12.4. The Kier molecular flexibility index (Phi) is 3.65. The molecule has 2 atom stereocenters. The molecular formula is C18H21N. The van der Waals surface area contributed by atoms with Crippen LogP contribution in [0, 0.1) is 0 Å². The molecule has 2 aromatic rings. The molecule has 0 aromatic heterocycles. The number of hydrogen-bond acceptors (Lipinski definition) is 1. The van der Waals surface area contributed by atoms with E-state index in [0.29, 0.717) is 12.0 Å². The maximum Gasteiger partial charge on any atom is 0.0111 e. The second-order valence-corrected chi connectivity index (χ2v) is 5.53. The van der Waals surface area contributed by atoms with Crippen molar-refractivity contribution in [2.45, 2.75) is 37.6 Å². The van der Waals surface area contributed by atoms with Crippen LogP contribution in [0.5, 0.6) is 0 Å². The average molecular weight is 251 g/mol. The van der Waals surface area contributed by atoms with E-state index in [-0.39, 0.29) is 0 Å². The normalized spacial score (nSPS) is 21.9. The van der Waals surface area contributed by atoms with E-state index in [4.69, 9.17) is 5.73 Å². The van der Waals surface area contributed by atoms with Crippen molar-refractivity contribution in [3.8, 4) is 0 Å². The summed E-state index contributed by atoms with van der Waals surface area (Å²) in [6.45, 7) is 0. The molecule has 1 aliphatic rings. The summed E-state index contributed by atoms with van der Waals surface area (Å²) in [6, 6.07) is 19.9. The molecule has 0 amide bonds. The third kappa shape index (κ3) is 2.71. The van der Waals surface area contributed by atoms with Crippen molar-refractivity contribution in [3.63, 3.8) is 0 Å². The lowest BCUT2D eigenvalue weighted by atomic mass is 9.77. The van der Waals surface area contributed by atoms with Crippen LogP contribution in [-0.4, -0.2) is 6.04 Å². The van der Waals surface area contributed by atoms with Crippen LogP contribution in [0.4, 0.5) is 0 Å². The number of nitrogens with two attached hydrogens (primary N) is 1. The van der Waals surface area contributed by atoms with Crippen LogP contribution in [0.15, 0.2) is 54.6 Å². The molecule has 0 saturated carbocycles. The fourth-order valence-corrected chi connectivity index (χ4v) is 3.21. The SMILES string of the molecule is NC1CCc2ccccc2C1CCc1ccccc1. The first-order valence-corrected chi connectivity index (χ1v) is 7.22. The first-order chi connectivity index (χ1) is 9.34. The van der Waals surface area contributed by atoms with Gasteiger partial charge in [0.1, 0.15) is 0 Å². The predicted molar refractivity (Wildman–Crippen MR) is 80.2 cm³/mol. The average Bonchev–Trinajstić information content (AvgIpc) is 2.47. The van der Waals surface area contributed by atoms with Crippen LogP contribution in [0.25, 0.3) is 0 Å². The Hall–Kier alpha value is -1.60. The van der Waals surface area contributed by atoms with E-state index in [1.54, 1.807) is 0 Å². The molecule has 19 heavy (non-hydrogen) atoms. The number of benzene rings is 2. The third-order valence-electron chi connectivity index (χ3n) is 4.31. The second-order valence-electron chi connectivity index (χ2n) is 5.53. The first-order valence-electron chi connectivity index (χ1n) is 7.22. The molecule has 0 bridgehead atoms. The lowest BCUT2D eigenvalue weighted by molar-refractivity contribution is 0.447. The highest BCUT2D eigenvalue weighted by molar-refractivity contribution is 5.34. The molecule has 0 radical (unpaired) electrons. The minimum Gasteiger partial charge on any atom is -0.327 e. The van der Waals surface area contributed by atoms with Crippen molar-refractivity contribution < 1.29 is 0 Å². The van der Waals surface area contributed by atoms with Gasteiger partial charge in [0.05, 0.1) is 0 Å². The Bertz CT molecular complexity index is 532. The molecule has 0 spiro atoms. The topological polar surface area (TPSA) is 26.0 Å². The minimum absolute atomic E-state index is 0.318. The van der Waals surface area contributed by atoms with Gasteiger partial charge in [0, 0.05) is 6.04 Å². The standard InChI is InChI=1S/C18H21N/c19-18-13-11-15-8-4-5-9-16(15)17(18)12-10-14-6-2-1-3-7-14/h1-9,17-18H,10-13,19H2. The molecular weight excluding hydrogens is 230 g/mol. The molecule has 0 heterocycles. The van der Waals surface area contributed by atoms with Crippen LogP contribution in [0.3, 0.4) is 0 Å². The highest BCUT2D eigenvalue weighted by atomic mass is 14.7. The van der Waals surface area contributed by atoms with Crippen LogP contribution in [0.1, 0.15) is 35.4 Å². The van der Waals surface area contributed by atoms with Gasteiger partial charge in [0.15, 0.2) is 0 Å². The van der Waals surface area contributed by atoms with Crippen LogP contribution in [-0.2, 0) is 12.8 Å².